The number of primary amides is 2. The molecule has 0 saturated heterocycles. The van der Waals surface area contributed by atoms with E-state index >= 15 is 19.2 Å². The smallest absolute Gasteiger partial charge is 0.419 e. The fourth-order valence-corrected chi connectivity index (χ4v) is 12.3. The van der Waals surface area contributed by atoms with Gasteiger partial charge in [0.1, 0.15) is 23.3 Å². The van der Waals surface area contributed by atoms with Crippen LogP contribution >= 0.6 is 0 Å². The minimum atomic E-state index is -1.73. The molecule has 25 heteroatoms. The van der Waals surface area contributed by atoms with E-state index in [1.165, 1.54) is 4.57 Å². The van der Waals surface area contributed by atoms with Crippen LogP contribution in [0.2, 0.25) is 0 Å². The van der Waals surface area contributed by atoms with Crippen molar-refractivity contribution in [1.29, 1.82) is 0 Å². The fourth-order valence-electron chi connectivity index (χ4n) is 12.3. The number of fused-ring (bicyclic) bond motifs is 1. The van der Waals surface area contributed by atoms with Crippen LogP contribution in [-0.4, -0.2) is 146 Å². The van der Waals surface area contributed by atoms with E-state index < -0.39 is 198 Å². The Morgan fingerprint density at radius 2 is 0.860 bits per heavy atom. The molecule has 9 N–H and O–H groups in total. The summed E-state index contributed by atoms with van der Waals surface area (Å²) in [7, 11) is 0. The summed E-state index contributed by atoms with van der Waals surface area (Å²) in [6, 6.07) is 26.3. The van der Waals surface area contributed by atoms with Gasteiger partial charge in [0, 0.05) is 74.3 Å². The number of ether oxygens (including phenoxy) is 4. The lowest BCUT2D eigenvalue weighted by atomic mass is 9.85. The Kier molecular flexibility index (Phi) is 32.6. The minimum Gasteiger partial charge on any atom is -0.444 e. The zero-order valence-electron chi connectivity index (χ0n) is 64.9. The number of carbonyl (C=O) groups excluding carboxylic acids is 13. The molecule has 0 aliphatic carbocycles. The molecule has 0 radical (unpaired) electrons. The van der Waals surface area contributed by atoms with Gasteiger partial charge in [0.2, 0.25) is 35.4 Å². The number of alkyl carbamates (subject to hydrolysis) is 1. The fraction of sp³-hybridized carbons (Fsp3) is 0.524. The lowest BCUT2D eigenvalue weighted by Gasteiger charge is -2.33. The third-order valence-electron chi connectivity index (χ3n) is 17.5. The lowest BCUT2D eigenvalue weighted by molar-refractivity contribution is -0.141. The molecule has 1 aromatic heterocycles. The van der Waals surface area contributed by atoms with Crippen molar-refractivity contribution in [1.82, 2.24) is 31.2 Å². The maximum absolute atomic E-state index is 15.2. The Morgan fingerprint density at radius 1 is 0.421 bits per heavy atom. The van der Waals surface area contributed by atoms with Gasteiger partial charge in [0.15, 0.2) is 28.9 Å². The maximum atomic E-state index is 15.2. The van der Waals surface area contributed by atoms with Crippen molar-refractivity contribution in [3.8, 4) is 0 Å². The van der Waals surface area contributed by atoms with E-state index in [4.69, 9.17) is 30.4 Å². The first-order valence-electron chi connectivity index (χ1n) is 36.6. The van der Waals surface area contributed by atoms with Crippen molar-refractivity contribution >= 4 is 87.4 Å². The van der Waals surface area contributed by atoms with E-state index in [9.17, 15) is 43.2 Å². The van der Waals surface area contributed by atoms with Crippen LogP contribution in [0.25, 0.3) is 10.9 Å². The van der Waals surface area contributed by atoms with Gasteiger partial charge in [-0.25, -0.2) is 9.59 Å². The number of carbonyl (C=O) groups is 13. The van der Waals surface area contributed by atoms with E-state index in [2.05, 4.69) is 26.6 Å². The molecule has 5 aromatic rings. The second-order valence-electron chi connectivity index (χ2n) is 31.8. The molecule has 5 rings (SSSR count). The van der Waals surface area contributed by atoms with E-state index in [1.54, 1.807) is 226 Å². The summed E-state index contributed by atoms with van der Waals surface area (Å²) in [6.45, 7) is 26.9. The number of hydrogen-bond donors (Lipinski definition) is 7. The molecule has 0 aliphatic heterocycles. The number of aromatic nitrogens is 1. The molecule has 107 heavy (non-hydrogen) atoms. The Bertz CT molecular complexity index is 3900. The zero-order valence-corrected chi connectivity index (χ0v) is 64.9. The minimum absolute atomic E-state index is 0.0135. The van der Waals surface area contributed by atoms with E-state index in [1.807, 2.05) is 6.07 Å². The van der Waals surface area contributed by atoms with Crippen molar-refractivity contribution in [3.63, 3.8) is 0 Å². The number of para-hydroxylation sites is 1. The van der Waals surface area contributed by atoms with Crippen molar-refractivity contribution in [2.75, 3.05) is 6.61 Å². The van der Waals surface area contributed by atoms with Gasteiger partial charge in [0.25, 0.3) is 0 Å². The SMILES string of the molecule is CCC(=O)[C@H](Cc1cn(C(=O)OC(C)(C)C)c2ccccc12)NC(=O)[C@@H](CC(=O)[C@H](COC(C)(C)C)NC(=O)[C@@H](CC(=O)[C@@H](NC(=O)[C@@H](CC(=O)[C@H](CC(N)=O)NC(=O)[C@H](CC(N)=O)CC(=O)[C@H](Cc1ccccc1)NC(=O)OC(C)(C)C)Cc1ccccc1)[C@@H](C)OC(C)(C)C)C(C)C)Cc1ccccc1. The zero-order chi connectivity index (χ0) is 79.9. The highest BCUT2D eigenvalue weighted by atomic mass is 16.6. The van der Waals surface area contributed by atoms with Gasteiger partial charge in [-0.3, -0.25) is 57.3 Å². The largest absolute Gasteiger partial charge is 0.444 e. The monoisotopic (exact) mass is 1480 g/mol. The molecule has 0 aliphatic rings. The molecule has 0 unspecified atom stereocenters. The van der Waals surface area contributed by atoms with Crippen molar-refractivity contribution in [2.45, 2.75) is 240 Å². The van der Waals surface area contributed by atoms with E-state index in [-0.39, 0.29) is 44.5 Å². The molecular formula is C82H112N8O17. The van der Waals surface area contributed by atoms with Crippen LogP contribution in [-0.2, 0) is 97.4 Å². The Labute approximate surface area is 628 Å². The number of nitrogens with zero attached hydrogens (tertiary/aromatic N) is 1. The molecule has 4 aromatic carbocycles. The van der Waals surface area contributed by atoms with E-state index in [0.29, 0.717) is 33.2 Å². The standard InChI is InChI=1S/C82H112N8O17/c1-17-65(91)61(40-57-47-90(78(103)107-82(14,15)16)64-36-28-27-35-58(57)64)85-73(98)54(37-51-29-21-18-22-30-51)42-68(94)63(48-104-79(5,6)7)87-76(101)59(49(2)3)45-69(95)72(50(4)105-80(8,9)10)89-75(100)55(38-52-31-23-19-24-32-52)41-67(93)62(46-71(84)97)86-74(99)56(44-70(83)96)43-66(92)60(39-53-33-25-20-26-34-53)88-77(102)106-81(11,12)13/h18-36,47,49-50,54-56,59-63,72H,17,37-46,48H2,1-16H3,(H2,83,96)(H2,84,97)(H,85,98)(H,86,99)(H,87,101)(H,88,102)(H,89,100)/t50-,54-,55-,56+,59+,60+,61+,62+,63+,72+/m1/s1. The summed E-state index contributed by atoms with van der Waals surface area (Å²) in [4.78, 5) is 185. The third-order valence-corrected chi connectivity index (χ3v) is 17.5. The first kappa shape index (κ1) is 87.9. The Balaban J connectivity index is 1.44. The van der Waals surface area contributed by atoms with Crippen molar-refractivity contribution < 1.29 is 81.3 Å². The second kappa shape index (κ2) is 39.7. The summed E-state index contributed by atoms with van der Waals surface area (Å²) in [5.74, 6) is -14.2. The molecule has 0 spiro atoms. The summed E-state index contributed by atoms with van der Waals surface area (Å²) >= 11 is 0. The maximum Gasteiger partial charge on any atom is 0.419 e. The lowest BCUT2D eigenvalue weighted by Crippen LogP contribution is -2.54. The average molecular weight is 1480 g/mol. The van der Waals surface area contributed by atoms with Gasteiger partial charge in [-0.15, -0.1) is 0 Å². The van der Waals surface area contributed by atoms with Crippen molar-refractivity contribution in [3.05, 3.63) is 144 Å². The van der Waals surface area contributed by atoms with Crippen LogP contribution in [0, 0.1) is 29.6 Å². The van der Waals surface area contributed by atoms with Crippen LogP contribution in [0.1, 0.15) is 178 Å². The highest BCUT2D eigenvalue weighted by molar-refractivity contribution is 6.01. The summed E-state index contributed by atoms with van der Waals surface area (Å²) in [6.07, 6.45) is -4.98. The van der Waals surface area contributed by atoms with Gasteiger partial charge >= 0.3 is 12.2 Å². The van der Waals surface area contributed by atoms with Crippen LogP contribution in [0.5, 0.6) is 0 Å². The van der Waals surface area contributed by atoms with Gasteiger partial charge < -0.3 is 57.0 Å². The highest BCUT2D eigenvalue weighted by Gasteiger charge is 2.41. The van der Waals surface area contributed by atoms with Crippen LogP contribution in [0.4, 0.5) is 9.59 Å². The number of Topliss-reactive ketones (excluding diaryl/α,β-unsaturated/α-hetero) is 5. The average Bonchev–Trinajstić information content (AvgIpc) is 1.64. The molecule has 0 fully saturated rings. The second-order valence-corrected chi connectivity index (χ2v) is 31.8. The van der Waals surface area contributed by atoms with Gasteiger partial charge in [-0.05, 0) is 144 Å². The molecule has 0 saturated carbocycles. The Hall–Kier alpha value is -9.75. The predicted octanol–water partition coefficient (Wildman–Crippen LogP) is 9.23. The molecule has 10 atom stereocenters. The number of rotatable bonds is 40. The quantitative estimate of drug-likeness (QED) is 0.0192. The normalized spacial score (nSPS) is 14.8. The first-order chi connectivity index (χ1) is 49.9. The first-order valence-corrected chi connectivity index (χ1v) is 36.6. The summed E-state index contributed by atoms with van der Waals surface area (Å²) < 4.78 is 25.0. The van der Waals surface area contributed by atoms with Gasteiger partial charge in [-0.2, -0.15) is 0 Å². The number of nitrogens with one attached hydrogen (secondary N) is 5. The summed E-state index contributed by atoms with van der Waals surface area (Å²) in [5.41, 5.74) is 10.8. The van der Waals surface area contributed by atoms with E-state index in [0.717, 1.165) is 0 Å². The Morgan fingerprint density at radius 3 is 1.35 bits per heavy atom. The topological polar surface area (TPSA) is 376 Å². The molecule has 25 nitrogen and oxygen atoms in total. The number of hydrogen-bond acceptors (Lipinski definition) is 17. The molecular weight excluding hydrogens is 1370 g/mol. The molecule has 0 bridgehead atoms. The number of nitrogens with two attached hydrogens (primary N) is 2. The van der Waals surface area contributed by atoms with Crippen LogP contribution < -0.4 is 38.1 Å². The van der Waals surface area contributed by atoms with Crippen LogP contribution in [0.15, 0.2) is 121 Å². The number of benzene rings is 4. The molecule has 7 amide bonds. The number of amides is 7. The molecule has 1 heterocycles. The highest BCUT2D eigenvalue weighted by Crippen LogP contribution is 2.28. The van der Waals surface area contributed by atoms with Crippen LogP contribution in [0.3, 0.4) is 0 Å². The number of ketones is 5. The van der Waals surface area contributed by atoms with Gasteiger partial charge in [-0.1, -0.05) is 130 Å². The summed E-state index contributed by atoms with van der Waals surface area (Å²) in [5, 5.41) is 14.4. The molecule has 582 valence electrons. The third kappa shape index (κ3) is 30.2. The van der Waals surface area contributed by atoms with Gasteiger partial charge in [0.05, 0.1) is 59.9 Å². The van der Waals surface area contributed by atoms with Crippen molar-refractivity contribution in [2.24, 2.45) is 41.1 Å². The predicted molar refractivity (Wildman–Crippen MR) is 405 cm³/mol.